The molecule has 0 spiro atoms. The second-order valence-electron chi connectivity index (χ2n) is 1.55. The fourth-order valence-corrected chi connectivity index (χ4v) is 0.264. The molecule has 0 aliphatic heterocycles. The van der Waals surface area contributed by atoms with Gasteiger partial charge in [-0.15, -0.1) is 0 Å². The quantitative estimate of drug-likeness (QED) is 0.384. The Bertz CT molecular complexity index is 134. The molecule has 0 aliphatic carbocycles. The Balaban J connectivity index is 4.07. The van der Waals surface area contributed by atoms with Gasteiger partial charge in [-0.25, -0.2) is 4.79 Å². The van der Waals surface area contributed by atoms with Crippen molar-refractivity contribution in [2.45, 2.75) is 12.2 Å². The van der Waals surface area contributed by atoms with Crippen molar-refractivity contribution in [3.63, 3.8) is 0 Å². The third-order valence-electron chi connectivity index (χ3n) is 0.794. The van der Waals surface area contributed by atoms with Crippen LogP contribution in [0.5, 0.6) is 0 Å². The van der Waals surface area contributed by atoms with Crippen molar-refractivity contribution in [1.82, 2.24) is 0 Å². The Morgan fingerprint density at radius 3 is 1.70 bits per heavy atom. The van der Waals surface area contributed by atoms with Gasteiger partial charge in [0.1, 0.15) is 6.10 Å². The van der Waals surface area contributed by atoms with Crippen LogP contribution in [0.1, 0.15) is 0 Å². The van der Waals surface area contributed by atoms with Gasteiger partial charge in [0.05, 0.1) is 5.97 Å². The van der Waals surface area contributed by atoms with Crippen molar-refractivity contribution in [1.29, 1.82) is 0 Å². The van der Waals surface area contributed by atoms with Crippen LogP contribution < -0.4 is 5.11 Å². The maximum Gasteiger partial charge on any atom is 0.335 e. The summed E-state index contributed by atoms with van der Waals surface area (Å²) in [5.41, 5.74) is 0. The summed E-state index contributed by atoms with van der Waals surface area (Å²) in [6.45, 7) is 0. The average Bonchev–Trinajstić information content (AvgIpc) is 1.84. The summed E-state index contributed by atoms with van der Waals surface area (Å²) >= 11 is 0. The van der Waals surface area contributed by atoms with E-state index < -0.39 is 24.1 Å². The largest absolute Gasteiger partial charge is 0.547 e. The van der Waals surface area contributed by atoms with Crippen LogP contribution in [-0.4, -0.2) is 39.5 Å². The molecule has 0 radical (unpaired) electrons. The molecule has 0 aromatic heterocycles. The van der Waals surface area contributed by atoms with Gasteiger partial charge >= 0.3 is 5.97 Å². The highest BCUT2D eigenvalue weighted by atomic mass is 16.4. The topological polar surface area (TPSA) is 118 Å². The molecule has 2 atom stereocenters. The van der Waals surface area contributed by atoms with E-state index in [2.05, 4.69) is 0 Å². The van der Waals surface area contributed by atoms with Crippen LogP contribution in [0.2, 0.25) is 0 Å². The molecule has 6 nitrogen and oxygen atoms in total. The lowest BCUT2D eigenvalue weighted by atomic mass is 10.2. The van der Waals surface area contributed by atoms with Gasteiger partial charge in [-0.05, 0) is 0 Å². The molecule has 58 valence electrons. The maximum atomic E-state index is 9.74. The highest BCUT2D eigenvalue weighted by molar-refractivity contribution is 5.81. The summed E-state index contributed by atoms with van der Waals surface area (Å²) in [7, 11) is 0. The van der Waals surface area contributed by atoms with E-state index in [9.17, 15) is 14.7 Å². The van der Waals surface area contributed by atoms with Crippen molar-refractivity contribution in [2.24, 2.45) is 0 Å². The Morgan fingerprint density at radius 1 is 1.20 bits per heavy atom. The van der Waals surface area contributed by atoms with Gasteiger partial charge in [-0.1, -0.05) is 0 Å². The molecule has 0 bridgehead atoms. The van der Waals surface area contributed by atoms with Crippen LogP contribution >= 0.6 is 0 Å². The summed E-state index contributed by atoms with van der Waals surface area (Å²) in [6.07, 6.45) is -4.71. The van der Waals surface area contributed by atoms with Gasteiger partial charge in [0, 0.05) is 0 Å². The van der Waals surface area contributed by atoms with E-state index in [1.54, 1.807) is 0 Å². The van der Waals surface area contributed by atoms with E-state index in [0.717, 1.165) is 0 Å². The molecule has 0 rings (SSSR count). The molecule has 1 unspecified atom stereocenters. The predicted molar refractivity (Wildman–Crippen MR) is 24.7 cm³/mol. The van der Waals surface area contributed by atoms with E-state index in [0.29, 0.717) is 0 Å². The molecule has 6 heteroatoms. The fraction of sp³-hybridized carbons (Fsp3) is 0.500. The minimum absolute atomic E-state index is 1.81. The standard InChI is InChI=1S/C4H6O6/c5-1(3(7)8)2(6)4(9)10/h1-2,5-6H,(H,7,8)(H,9,10)/p-1/t1-,2?/m1/s1. The number of aliphatic carboxylic acids is 2. The van der Waals surface area contributed by atoms with E-state index in [-0.39, 0.29) is 0 Å². The lowest BCUT2D eigenvalue weighted by Crippen LogP contribution is -2.46. The second kappa shape index (κ2) is 3.14. The number of aliphatic hydroxyl groups is 2. The zero-order valence-electron chi connectivity index (χ0n) is 4.72. The highest BCUT2D eigenvalue weighted by Crippen LogP contribution is 1.90. The number of hydrogen-bond donors (Lipinski definition) is 3. The number of hydrogen-bond acceptors (Lipinski definition) is 5. The molecule has 0 aromatic carbocycles. The van der Waals surface area contributed by atoms with Crippen LogP contribution in [-0.2, 0) is 9.59 Å². The Morgan fingerprint density at radius 2 is 1.60 bits per heavy atom. The van der Waals surface area contributed by atoms with Gasteiger partial charge in [0.25, 0.3) is 0 Å². The third-order valence-corrected chi connectivity index (χ3v) is 0.794. The van der Waals surface area contributed by atoms with E-state index in [1.807, 2.05) is 0 Å². The first-order chi connectivity index (χ1) is 4.46. The summed E-state index contributed by atoms with van der Waals surface area (Å²) in [5, 5.41) is 34.1. The summed E-state index contributed by atoms with van der Waals surface area (Å²) in [4.78, 5) is 19.4. The lowest BCUT2D eigenvalue weighted by molar-refractivity contribution is -0.318. The van der Waals surface area contributed by atoms with Crippen LogP contribution in [0.3, 0.4) is 0 Å². The maximum absolute atomic E-state index is 9.74. The number of carboxylic acid groups (broad SMARTS) is 2. The van der Waals surface area contributed by atoms with Crippen molar-refractivity contribution >= 4 is 11.9 Å². The van der Waals surface area contributed by atoms with Crippen LogP contribution in [0, 0.1) is 0 Å². The molecule has 0 fully saturated rings. The number of rotatable bonds is 3. The minimum atomic E-state index is -2.38. The first kappa shape index (κ1) is 8.86. The second-order valence-corrected chi connectivity index (χ2v) is 1.55. The first-order valence-corrected chi connectivity index (χ1v) is 2.26. The molecule has 0 aromatic rings. The monoisotopic (exact) mass is 149 g/mol. The normalized spacial score (nSPS) is 15.8. The number of carboxylic acids is 2. The van der Waals surface area contributed by atoms with Gasteiger partial charge in [0.15, 0.2) is 6.10 Å². The third kappa shape index (κ3) is 2.00. The number of aliphatic hydroxyl groups excluding tert-OH is 2. The molecule has 3 N–H and O–H groups in total. The van der Waals surface area contributed by atoms with E-state index >= 15 is 0 Å². The Labute approximate surface area is 55.3 Å². The highest BCUT2D eigenvalue weighted by Gasteiger charge is 2.23. The zero-order chi connectivity index (χ0) is 8.31. The van der Waals surface area contributed by atoms with Crippen LogP contribution in [0.25, 0.3) is 0 Å². The van der Waals surface area contributed by atoms with E-state index in [1.165, 1.54) is 0 Å². The minimum Gasteiger partial charge on any atom is -0.547 e. The summed E-state index contributed by atoms with van der Waals surface area (Å²) in [5.74, 6) is -3.83. The smallest absolute Gasteiger partial charge is 0.335 e. The van der Waals surface area contributed by atoms with Gasteiger partial charge in [-0.2, -0.15) is 0 Å². The Hall–Kier alpha value is -1.14. The molecule has 0 saturated carbocycles. The lowest BCUT2D eigenvalue weighted by Gasteiger charge is -2.13. The molecule has 10 heavy (non-hydrogen) atoms. The summed E-state index contributed by atoms with van der Waals surface area (Å²) < 4.78 is 0. The van der Waals surface area contributed by atoms with E-state index in [4.69, 9.17) is 15.3 Å². The number of carbonyl (C=O) groups is 2. The zero-order valence-corrected chi connectivity index (χ0v) is 4.72. The molecule has 0 saturated heterocycles. The molecular formula is C4H5O6-. The van der Waals surface area contributed by atoms with Gasteiger partial charge in [-0.3, -0.25) is 0 Å². The van der Waals surface area contributed by atoms with Crippen molar-refractivity contribution in [2.75, 3.05) is 0 Å². The fourth-order valence-electron chi connectivity index (χ4n) is 0.264. The summed E-state index contributed by atoms with van der Waals surface area (Å²) in [6, 6.07) is 0. The SMILES string of the molecule is O=C(O)C(O)[C@@H](O)C(=O)[O-]. The van der Waals surface area contributed by atoms with Crippen LogP contribution in [0.15, 0.2) is 0 Å². The molecule has 0 amide bonds. The number of carbonyl (C=O) groups excluding carboxylic acids is 1. The molecule has 0 aliphatic rings. The molecular weight excluding hydrogens is 144 g/mol. The van der Waals surface area contributed by atoms with Crippen molar-refractivity contribution < 1.29 is 30.0 Å². The van der Waals surface area contributed by atoms with Gasteiger partial charge < -0.3 is 25.2 Å². The average molecular weight is 149 g/mol. The van der Waals surface area contributed by atoms with Gasteiger partial charge in [0.2, 0.25) is 0 Å². The van der Waals surface area contributed by atoms with Crippen molar-refractivity contribution in [3.8, 4) is 0 Å². The Kier molecular flexibility index (Phi) is 2.78. The predicted octanol–water partition coefficient (Wildman–Crippen LogP) is -3.46. The first-order valence-electron chi connectivity index (χ1n) is 2.26. The van der Waals surface area contributed by atoms with Crippen LogP contribution in [0.4, 0.5) is 0 Å². The van der Waals surface area contributed by atoms with Crippen molar-refractivity contribution in [3.05, 3.63) is 0 Å². The molecule has 0 heterocycles.